The topological polar surface area (TPSA) is 56.7 Å². The number of nitrogens with zero attached hydrogens (tertiary/aromatic N) is 3. The molecule has 0 radical (unpaired) electrons. The number of nitrogen functional groups attached to an aromatic ring is 1. The first kappa shape index (κ1) is 8.68. The van der Waals surface area contributed by atoms with E-state index in [1.54, 1.807) is 23.1 Å². The summed E-state index contributed by atoms with van der Waals surface area (Å²) < 4.78 is 14.2. The zero-order chi connectivity index (χ0) is 9.97. The van der Waals surface area contributed by atoms with Crippen molar-refractivity contribution in [2.45, 2.75) is 6.54 Å². The fourth-order valence-electron chi connectivity index (χ4n) is 1.16. The molecule has 0 fully saturated rings. The first-order valence-electron chi connectivity index (χ1n) is 4.13. The zero-order valence-electron chi connectivity index (χ0n) is 7.39. The number of benzene rings is 1. The Kier molecular flexibility index (Phi) is 2.14. The molecule has 2 N–H and O–H groups in total. The Morgan fingerprint density at radius 2 is 2.00 bits per heavy atom. The fourth-order valence-corrected chi connectivity index (χ4v) is 1.16. The lowest BCUT2D eigenvalue weighted by Gasteiger charge is -1.99. The largest absolute Gasteiger partial charge is 0.367 e. The van der Waals surface area contributed by atoms with Crippen molar-refractivity contribution < 1.29 is 4.39 Å². The molecule has 4 nitrogen and oxygen atoms in total. The molecule has 0 amide bonds. The lowest BCUT2D eigenvalue weighted by molar-refractivity contribution is 0.624. The van der Waals surface area contributed by atoms with Crippen molar-refractivity contribution in [3.05, 3.63) is 42.0 Å². The number of anilines is 1. The predicted octanol–water partition coefficient (Wildman–Crippen LogP) is 1.05. The summed E-state index contributed by atoms with van der Waals surface area (Å²) >= 11 is 0. The molecular formula is C9H9FN4. The van der Waals surface area contributed by atoms with Crippen molar-refractivity contribution in [1.82, 2.24) is 14.8 Å². The number of halogens is 1. The molecule has 0 bridgehead atoms. The minimum atomic E-state index is -0.244. The summed E-state index contributed by atoms with van der Waals surface area (Å²) in [7, 11) is 0. The number of nitrogens with two attached hydrogens (primary N) is 1. The van der Waals surface area contributed by atoms with E-state index in [1.165, 1.54) is 12.1 Å². The van der Waals surface area contributed by atoms with Crippen LogP contribution < -0.4 is 5.73 Å². The molecule has 0 saturated carbocycles. The van der Waals surface area contributed by atoms with Crippen LogP contribution in [0.25, 0.3) is 0 Å². The zero-order valence-corrected chi connectivity index (χ0v) is 7.39. The average Bonchev–Trinajstić information content (AvgIpc) is 2.56. The van der Waals surface area contributed by atoms with Crippen molar-refractivity contribution in [3.63, 3.8) is 0 Å². The van der Waals surface area contributed by atoms with E-state index in [-0.39, 0.29) is 11.8 Å². The Hall–Kier alpha value is -1.91. The number of hydrogen-bond acceptors (Lipinski definition) is 3. The molecule has 0 unspecified atom stereocenters. The van der Waals surface area contributed by atoms with Crippen LogP contribution >= 0.6 is 0 Å². The van der Waals surface area contributed by atoms with Gasteiger partial charge in [0.15, 0.2) is 0 Å². The third-order valence-electron chi connectivity index (χ3n) is 1.81. The van der Waals surface area contributed by atoms with E-state index in [2.05, 4.69) is 10.1 Å². The maximum atomic E-state index is 12.6. The molecule has 1 aromatic heterocycles. The standard InChI is InChI=1S/C9H9FN4/c10-8-3-1-7(2-4-8)5-14-6-12-9(11)13-14/h1-4,6H,5H2,(H2,11,13). The van der Waals surface area contributed by atoms with Gasteiger partial charge in [-0.15, -0.1) is 5.10 Å². The van der Waals surface area contributed by atoms with Gasteiger partial charge in [-0.2, -0.15) is 0 Å². The maximum Gasteiger partial charge on any atom is 0.239 e. The van der Waals surface area contributed by atoms with Crippen LogP contribution in [0.3, 0.4) is 0 Å². The van der Waals surface area contributed by atoms with E-state index in [1.807, 2.05) is 0 Å². The van der Waals surface area contributed by atoms with Crippen molar-refractivity contribution in [2.75, 3.05) is 5.73 Å². The summed E-state index contributed by atoms with van der Waals surface area (Å²) in [5, 5.41) is 3.92. The average molecular weight is 192 g/mol. The van der Waals surface area contributed by atoms with Crippen LogP contribution in [0.1, 0.15) is 5.56 Å². The lowest BCUT2D eigenvalue weighted by Crippen LogP contribution is -2.00. The molecule has 5 heteroatoms. The molecule has 0 spiro atoms. The van der Waals surface area contributed by atoms with E-state index in [0.717, 1.165) is 5.56 Å². The van der Waals surface area contributed by atoms with Gasteiger partial charge in [-0.25, -0.2) is 14.1 Å². The summed E-state index contributed by atoms with van der Waals surface area (Å²) in [5.41, 5.74) is 6.31. The Morgan fingerprint density at radius 1 is 1.29 bits per heavy atom. The van der Waals surface area contributed by atoms with Gasteiger partial charge in [0.05, 0.1) is 6.54 Å². The third-order valence-corrected chi connectivity index (χ3v) is 1.81. The van der Waals surface area contributed by atoms with E-state index in [9.17, 15) is 4.39 Å². The van der Waals surface area contributed by atoms with Crippen molar-refractivity contribution in [2.24, 2.45) is 0 Å². The Balaban J connectivity index is 2.15. The summed E-state index contributed by atoms with van der Waals surface area (Å²) in [6.07, 6.45) is 1.54. The smallest absolute Gasteiger partial charge is 0.239 e. The lowest BCUT2D eigenvalue weighted by atomic mass is 10.2. The Morgan fingerprint density at radius 3 is 2.57 bits per heavy atom. The van der Waals surface area contributed by atoms with Gasteiger partial charge in [0, 0.05) is 0 Å². The second kappa shape index (κ2) is 3.45. The van der Waals surface area contributed by atoms with Gasteiger partial charge in [-0.1, -0.05) is 12.1 Å². The Bertz CT molecular complexity index is 421. The summed E-state index contributed by atoms with van der Waals surface area (Å²) in [4.78, 5) is 3.79. The van der Waals surface area contributed by atoms with Crippen LogP contribution in [-0.4, -0.2) is 14.8 Å². The Labute approximate surface area is 80.2 Å². The molecule has 1 heterocycles. The molecule has 0 aliphatic rings. The molecule has 0 aliphatic carbocycles. The van der Waals surface area contributed by atoms with Crippen LogP contribution in [0, 0.1) is 5.82 Å². The summed E-state index contributed by atoms with van der Waals surface area (Å²) in [6.45, 7) is 0.546. The summed E-state index contributed by atoms with van der Waals surface area (Å²) in [6, 6.07) is 6.23. The van der Waals surface area contributed by atoms with Crippen LogP contribution in [0.5, 0.6) is 0 Å². The van der Waals surface area contributed by atoms with E-state index in [4.69, 9.17) is 5.73 Å². The molecule has 1 aromatic carbocycles. The minimum Gasteiger partial charge on any atom is -0.367 e. The van der Waals surface area contributed by atoms with Gasteiger partial charge in [0.2, 0.25) is 5.95 Å². The highest BCUT2D eigenvalue weighted by Gasteiger charge is 1.98. The molecule has 72 valence electrons. The predicted molar refractivity (Wildman–Crippen MR) is 49.9 cm³/mol. The highest BCUT2D eigenvalue weighted by atomic mass is 19.1. The van der Waals surface area contributed by atoms with Crippen molar-refractivity contribution in [1.29, 1.82) is 0 Å². The number of rotatable bonds is 2. The normalized spacial score (nSPS) is 10.4. The SMILES string of the molecule is Nc1ncn(Cc2ccc(F)cc2)n1. The molecule has 2 rings (SSSR count). The molecule has 0 saturated heterocycles. The second-order valence-electron chi connectivity index (χ2n) is 2.93. The van der Waals surface area contributed by atoms with Crippen molar-refractivity contribution >= 4 is 5.95 Å². The fraction of sp³-hybridized carbons (Fsp3) is 0.111. The number of aromatic nitrogens is 3. The van der Waals surface area contributed by atoms with Crippen molar-refractivity contribution in [3.8, 4) is 0 Å². The number of hydrogen-bond donors (Lipinski definition) is 1. The highest BCUT2D eigenvalue weighted by Crippen LogP contribution is 2.04. The molecule has 14 heavy (non-hydrogen) atoms. The van der Waals surface area contributed by atoms with E-state index in [0.29, 0.717) is 6.54 Å². The van der Waals surface area contributed by atoms with Crippen LogP contribution in [0.15, 0.2) is 30.6 Å². The summed E-state index contributed by atoms with van der Waals surface area (Å²) in [5.74, 6) is -0.000958. The third kappa shape index (κ3) is 1.87. The first-order chi connectivity index (χ1) is 6.74. The maximum absolute atomic E-state index is 12.6. The van der Waals surface area contributed by atoms with Gasteiger partial charge in [0.1, 0.15) is 12.1 Å². The van der Waals surface area contributed by atoms with Crippen LogP contribution in [0.2, 0.25) is 0 Å². The van der Waals surface area contributed by atoms with Gasteiger partial charge < -0.3 is 5.73 Å². The second-order valence-corrected chi connectivity index (χ2v) is 2.93. The van der Waals surface area contributed by atoms with Crippen LogP contribution in [0.4, 0.5) is 10.3 Å². The molecular weight excluding hydrogens is 183 g/mol. The van der Waals surface area contributed by atoms with Gasteiger partial charge in [0.25, 0.3) is 0 Å². The van der Waals surface area contributed by atoms with Crippen LogP contribution in [-0.2, 0) is 6.54 Å². The molecule has 0 aliphatic heterocycles. The monoisotopic (exact) mass is 192 g/mol. The molecule has 0 atom stereocenters. The van der Waals surface area contributed by atoms with Gasteiger partial charge in [-0.05, 0) is 17.7 Å². The van der Waals surface area contributed by atoms with Gasteiger partial charge >= 0.3 is 0 Å². The quantitative estimate of drug-likeness (QED) is 0.773. The molecule has 2 aromatic rings. The minimum absolute atomic E-state index is 0.243. The highest BCUT2D eigenvalue weighted by molar-refractivity contribution is 5.17. The van der Waals surface area contributed by atoms with E-state index < -0.39 is 0 Å². The van der Waals surface area contributed by atoms with Gasteiger partial charge in [-0.3, -0.25) is 0 Å². The van der Waals surface area contributed by atoms with E-state index >= 15 is 0 Å². The first-order valence-corrected chi connectivity index (χ1v) is 4.13.